The third kappa shape index (κ3) is 4.81. The molecule has 2 aromatic carbocycles. The quantitative estimate of drug-likeness (QED) is 0.469. The van der Waals surface area contributed by atoms with E-state index in [2.05, 4.69) is 26.6 Å². The van der Waals surface area contributed by atoms with Gasteiger partial charge in [0.25, 0.3) is 5.91 Å². The lowest BCUT2D eigenvalue weighted by Crippen LogP contribution is -2.34. The average Bonchev–Trinajstić information content (AvgIpc) is 2.64. The summed E-state index contributed by atoms with van der Waals surface area (Å²) in [6.07, 6.45) is 0. The SMILES string of the molecule is COc1cc(C(=O)NC(=S)Nc2cc(C)c(O)c(Br)c2)cc(OC)c1OC. The molecule has 0 bridgehead atoms. The first-order valence-electron chi connectivity index (χ1n) is 7.72. The van der Waals surface area contributed by atoms with Crippen LogP contribution in [0.4, 0.5) is 5.69 Å². The van der Waals surface area contributed by atoms with Gasteiger partial charge in [0.1, 0.15) is 5.75 Å². The van der Waals surface area contributed by atoms with Crippen LogP contribution in [0.5, 0.6) is 23.0 Å². The molecule has 0 radical (unpaired) electrons. The van der Waals surface area contributed by atoms with E-state index in [4.69, 9.17) is 26.4 Å². The molecule has 3 N–H and O–H groups in total. The van der Waals surface area contributed by atoms with Gasteiger partial charge in [-0.1, -0.05) is 0 Å². The van der Waals surface area contributed by atoms with Crippen LogP contribution < -0.4 is 24.8 Å². The van der Waals surface area contributed by atoms with Gasteiger partial charge >= 0.3 is 0 Å². The molecule has 0 aromatic heterocycles. The molecule has 0 heterocycles. The Kier molecular flexibility index (Phi) is 6.86. The van der Waals surface area contributed by atoms with Crippen molar-refractivity contribution in [3.05, 3.63) is 39.9 Å². The number of ether oxygens (including phenoxy) is 3. The number of benzene rings is 2. The van der Waals surface area contributed by atoms with Crippen molar-refractivity contribution < 1.29 is 24.1 Å². The summed E-state index contributed by atoms with van der Waals surface area (Å²) in [5.74, 6) is 0.814. The predicted molar refractivity (Wildman–Crippen MR) is 110 cm³/mol. The Bertz CT molecular complexity index is 840. The van der Waals surface area contributed by atoms with Gasteiger partial charge < -0.3 is 24.6 Å². The molecule has 0 aliphatic heterocycles. The molecule has 9 heteroatoms. The molecule has 2 aromatic rings. The zero-order valence-corrected chi connectivity index (χ0v) is 17.6. The number of carbonyl (C=O) groups excluding carboxylic acids is 1. The maximum Gasteiger partial charge on any atom is 0.257 e. The molecule has 0 saturated carbocycles. The van der Waals surface area contributed by atoms with E-state index < -0.39 is 5.91 Å². The minimum absolute atomic E-state index is 0.103. The highest BCUT2D eigenvalue weighted by molar-refractivity contribution is 9.10. The van der Waals surface area contributed by atoms with Crippen molar-refractivity contribution in [1.82, 2.24) is 5.32 Å². The van der Waals surface area contributed by atoms with Crippen LogP contribution in [-0.2, 0) is 0 Å². The fourth-order valence-corrected chi connectivity index (χ4v) is 3.13. The van der Waals surface area contributed by atoms with Crippen molar-refractivity contribution in [3.63, 3.8) is 0 Å². The van der Waals surface area contributed by atoms with E-state index in [9.17, 15) is 9.90 Å². The average molecular weight is 455 g/mol. The number of hydrogen-bond donors (Lipinski definition) is 3. The Hall–Kier alpha value is -2.52. The molecule has 1 amide bonds. The molecule has 7 nitrogen and oxygen atoms in total. The molecule has 144 valence electrons. The number of methoxy groups -OCH3 is 3. The highest BCUT2D eigenvalue weighted by Crippen LogP contribution is 2.38. The molecule has 0 aliphatic rings. The number of halogens is 1. The van der Waals surface area contributed by atoms with Gasteiger partial charge in [0.2, 0.25) is 5.75 Å². The zero-order valence-electron chi connectivity index (χ0n) is 15.2. The van der Waals surface area contributed by atoms with Gasteiger partial charge in [0.15, 0.2) is 16.6 Å². The molecule has 0 fully saturated rings. The van der Waals surface area contributed by atoms with Crippen molar-refractivity contribution in [3.8, 4) is 23.0 Å². The highest BCUT2D eigenvalue weighted by Gasteiger charge is 2.18. The van der Waals surface area contributed by atoms with E-state index in [1.54, 1.807) is 19.1 Å². The summed E-state index contributed by atoms with van der Waals surface area (Å²) in [7, 11) is 4.42. The lowest BCUT2D eigenvalue weighted by Gasteiger charge is -2.15. The Labute approximate surface area is 170 Å². The van der Waals surface area contributed by atoms with E-state index in [1.807, 2.05) is 0 Å². The summed E-state index contributed by atoms with van der Waals surface area (Å²) in [5.41, 5.74) is 1.56. The van der Waals surface area contributed by atoms with E-state index >= 15 is 0 Å². The number of amides is 1. The summed E-state index contributed by atoms with van der Waals surface area (Å²) >= 11 is 8.45. The number of hydrogen-bond acceptors (Lipinski definition) is 6. The van der Waals surface area contributed by atoms with Crippen LogP contribution in [0.1, 0.15) is 15.9 Å². The molecule has 0 spiro atoms. The van der Waals surface area contributed by atoms with Gasteiger partial charge in [-0.2, -0.15) is 0 Å². The first kappa shape index (κ1) is 20.8. The third-order valence-electron chi connectivity index (χ3n) is 3.67. The normalized spacial score (nSPS) is 10.1. The van der Waals surface area contributed by atoms with Crippen molar-refractivity contribution in [2.24, 2.45) is 0 Å². The van der Waals surface area contributed by atoms with E-state index in [-0.39, 0.29) is 16.4 Å². The second kappa shape index (κ2) is 8.92. The monoisotopic (exact) mass is 454 g/mol. The number of rotatable bonds is 5. The summed E-state index contributed by atoms with van der Waals surface area (Å²) in [5, 5.41) is 15.4. The zero-order chi connectivity index (χ0) is 20.1. The van der Waals surface area contributed by atoms with Crippen LogP contribution in [0.2, 0.25) is 0 Å². The Balaban J connectivity index is 2.18. The van der Waals surface area contributed by atoms with Crippen LogP contribution in [0, 0.1) is 6.92 Å². The summed E-state index contributed by atoms with van der Waals surface area (Å²) in [4.78, 5) is 12.5. The van der Waals surface area contributed by atoms with E-state index in [0.29, 0.717) is 33.0 Å². The number of phenolic OH excluding ortho intramolecular Hbond substituents is 1. The van der Waals surface area contributed by atoms with Crippen molar-refractivity contribution in [2.45, 2.75) is 6.92 Å². The molecule has 0 aliphatic carbocycles. The van der Waals surface area contributed by atoms with Crippen LogP contribution in [0.25, 0.3) is 0 Å². The van der Waals surface area contributed by atoms with Crippen LogP contribution in [0.15, 0.2) is 28.7 Å². The number of carbonyl (C=O) groups is 1. The van der Waals surface area contributed by atoms with Gasteiger partial charge in [-0.25, -0.2) is 0 Å². The summed E-state index contributed by atoms with van der Waals surface area (Å²) in [6, 6.07) is 6.42. The number of aryl methyl sites for hydroxylation is 1. The smallest absolute Gasteiger partial charge is 0.257 e. The molecule has 0 unspecified atom stereocenters. The van der Waals surface area contributed by atoms with Crippen molar-refractivity contribution >= 4 is 44.9 Å². The molecular weight excluding hydrogens is 436 g/mol. The standard InChI is InChI=1S/C18H19BrN2O5S/c1-9-5-11(8-12(19)15(9)22)20-18(27)21-17(23)10-6-13(24-2)16(26-4)14(7-10)25-3/h5-8,22H,1-4H3,(H2,20,21,23,27). The van der Waals surface area contributed by atoms with E-state index in [0.717, 1.165) is 0 Å². The minimum Gasteiger partial charge on any atom is -0.506 e. The molecule has 0 atom stereocenters. The van der Waals surface area contributed by atoms with Crippen LogP contribution >= 0.6 is 28.1 Å². The topological polar surface area (TPSA) is 89.1 Å². The third-order valence-corrected chi connectivity index (χ3v) is 4.47. The van der Waals surface area contributed by atoms with Gasteiger partial charge in [-0.15, -0.1) is 0 Å². The Morgan fingerprint density at radius 2 is 1.67 bits per heavy atom. The predicted octanol–water partition coefficient (Wildman–Crippen LogP) is 3.62. The van der Waals surface area contributed by atoms with Gasteiger partial charge in [-0.3, -0.25) is 10.1 Å². The number of phenols is 1. The number of nitrogens with one attached hydrogen (secondary N) is 2. The first-order valence-corrected chi connectivity index (χ1v) is 8.92. The van der Waals surface area contributed by atoms with E-state index in [1.165, 1.54) is 33.5 Å². The fraction of sp³-hybridized carbons (Fsp3) is 0.222. The molecular formula is C18H19BrN2O5S. The number of thiocarbonyl (C=S) groups is 1. The molecule has 2 rings (SSSR count). The second-order valence-electron chi connectivity index (χ2n) is 5.45. The largest absolute Gasteiger partial charge is 0.506 e. The summed E-state index contributed by atoms with van der Waals surface area (Å²) < 4.78 is 16.2. The van der Waals surface area contributed by atoms with Crippen LogP contribution in [0.3, 0.4) is 0 Å². The molecule has 27 heavy (non-hydrogen) atoms. The van der Waals surface area contributed by atoms with Crippen molar-refractivity contribution in [1.29, 1.82) is 0 Å². The van der Waals surface area contributed by atoms with Gasteiger partial charge in [-0.05, 0) is 64.9 Å². The lowest BCUT2D eigenvalue weighted by molar-refractivity contribution is 0.0977. The second-order valence-corrected chi connectivity index (χ2v) is 6.71. The lowest BCUT2D eigenvalue weighted by atomic mass is 10.1. The fourth-order valence-electron chi connectivity index (χ4n) is 2.36. The molecule has 0 saturated heterocycles. The summed E-state index contributed by atoms with van der Waals surface area (Å²) in [6.45, 7) is 1.75. The number of anilines is 1. The van der Waals surface area contributed by atoms with Gasteiger partial charge in [0.05, 0.1) is 25.8 Å². The van der Waals surface area contributed by atoms with Crippen LogP contribution in [-0.4, -0.2) is 37.5 Å². The van der Waals surface area contributed by atoms with Gasteiger partial charge in [0, 0.05) is 11.3 Å². The maximum atomic E-state index is 12.5. The highest BCUT2D eigenvalue weighted by atomic mass is 79.9. The first-order chi connectivity index (χ1) is 12.8. The van der Waals surface area contributed by atoms with Crippen molar-refractivity contribution in [2.75, 3.05) is 26.6 Å². The number of aromatic hydroxyl groups is 1. The minimum atomic E-state index is -0.443. The maximum absolute atomic E-state index is 12.5. The Morgan fingerprint density at radius 3 is 2.15 bits per heavy atom. The Morgan fingerprint density at radius 1 is 1.07 bits per heavy atom.